The van der Waals surface area contributed by atoms with Crippen LogP contribution in [-0.4, -0.2) is 48.4 Å². The molecule has 4 heteroatoms. The Morgan fingerprint density at radius 1 is 1.38 bits per heavy atom. The Morgan fingerprint density at radius 2 is 2.10 bits per heavy atom. The summed E-state index contributed by atoms with van der Waals surface area (Å²) in [5.41, 5.74) is 8.22. The van der Waals surface area contributed by atoms with E-state index < -0.39 is 0 Å². The Kier molecular flexibility index (Phi) is 5.23. The first-order valence-electron chi connectivity index (χ1n) is 7.92. The molecule has 0 bridgehead atoms. The smallest absolute Gasteiger partial charge is 0.254 e. The molecular formula is C17H27N3O. The highest BCUT2D eigenvalue weighted by atomic mass is 16.2. The molecule has 0 aliphatic carbocycles. The number of hydrogen-bond donors (Lipinski definition) is 1. The Labute approximate surface area is 127 Å². The molecule has 1 aromatic carbocycles. The van der Waals surface area contributed by atoms with E-state index in [2.05, 4.69) is 18.7 Å². The molecule has 1 aliphatic heterocycles. The van der Waals surface area contributed by atoms with E-state index in [1.165, 1.54) is 0 Å². The first-order valence-corrected chi connectivity index (χ1v) is 7.92. The number of amides is 1. The molecule has 0 saturated carbocycles. The van der Waals surface area contributed by atoms with Crippen LogP contribution >= 0.6 is 0 Å². The van der Waals surface area contributed by atoms with Gasteiger partial charge in [-0.1, -0.05) is 19.9 Å². The van der Waals surface area contributed by atoms with Crippen molar-refractivity contribution in [2.45, 2.75) is 27.2 Å². The Hall–Kier alpha value is -1.55. The third-order valence-electron chi connectivity index (χ3n) is 4.48. The van der Waals surface area contributed by atoms with Gasteiger partial charge in [0.25, 0.3) is 5.91 Å². The van der Waals surface area contributed by atoms with Crippen LogP contribution in [0, 0.1) is 12.8 Å². The number of carbonyl (C=O) groups is 1. The molecule has 1 fully saturated rings. The molecule has 116 valence electrons. The van der Waals surface area contributed by atoms with E-state index in [-0.39, 0.29) is 5.91 Å². The number of nitrogens with zero attached hydrogens (tertiary/aromatic N) is 2. The molecule has 1 unspecified atom stereocenters. The summed E-state index contributed by atoms with van der Waals surface area (Å²) in [6.07, 6.45) is 1.10. The van der Waals surface area contributed by atoms with Crippen molar-refractivity contribution in [1.82, 2.24) is 9.80 Å². The van der Waals surface area contributed by atoms with Crippen molar-refractivity contribution in [3.8, 4) is 0 Å². The van der Waals surface area contributed by atoms with Gasteiger partial charge in [-0.2, -0.15) is 0 Å². The molecule has 1 amide bonds. The lowest BCUT2D eigenvalue weighted by Crippen LogP contribution is -2.33. The number of benzene rings is 1. The molecule has 21 heavy (non-hydrogen) atoms. The monoisotopic (exact) mass is 289 g/mol. The number of hydrogen-bond acceptors (Lipinski definition) is 3. The van der Waals surface area contributed by atoms with Crippen molar-refractivity contribution in [1.29, 1.82) is 0 Å². The summed E-state index contributed by atoms with van der Waals surface area (Å²) >= 11 is 0. The second-order valence-corrected chi connectivity index (χ2v) is 5.97. The van der Waals surface area contributed by atoms with E-state index >= 15 is 0 Å². The largest absolute Gasteiger partial charge is 0.399 e. The van der Waals surface area contributed by atoms with Crippen LogP contribution in [-0.2, 0) is 0 Å². The van der Waals surface area contributed by atoms with Gasteiger partial charge in [-0.25, -0.2) is 0 Å². The van der Waals surface area contributed by atoms with Crippen molar-refractivity contribution in [2.75, 3.05) is 38.5 Å². The summed E-state index contributed by atoms with van der Waals surface area (Å²) in [7, 11) is 0. The fourth-order valence-corrected chi connectivity index (χ4v) is 3.05. The maximum Gasteiger partial charge on any atom is 0.254 e. The molecule has 2 N–H and O–H groups in total. The average molecular weight is 289 g/mol. The van der Waals surface area contributed by atoms with Crippen LogP contribution in [0.2, 0.25) is 0 Å². The molecule has 0 spiro atoms. The number of aryl methyl sites for hydroxylation is 1. The van der Waals surface area contributed by atoms with Crippen LogP contribution in [0.15, 0.2) is 18.2 Å². The van der Waals surface area contributed by atoms with E-state index in [1.807, 2.05) is 24.0 Å². The van der Waals surface area contributed by atoms with Crippen LogP contribution in [0.4, 0.5) is 5.69 Å². The third-order valence-corrected chi connectivity index (χ3v) is 4.48. The minimum Gasteiger partial charge on any atom is -0.399 e. The molecule has 4 nitrogen and oxygen atoms in total. The number of rotatable bonds is 5. The zero-order valence-electron chi connectivity index (χ0n) is 13.4. The normalized spacial score (nSPS) is 18.5. The number of nitrogen functional groups attached to an aromatic ring is 1. The van der Waals surface area contributed by atoms with Gasteiger partial charge in [0.1, 0.15) is 0 Å². The van der Waals surface area contributed by atoms with Crippen LogP contribution in [0.25, 0.3) is 0 Å². The molecule has 1 saturated heterocycles. The van der Waals surface area contributed by atoms with E-state index in [0.717, 1.165) is 50.3 Å². The SMILES string of the molecule is CCN(CC)CC1CCN(C(=O)c2cc(N)ccc2C)C1. The van der Waals surface area contributed by atoms with Gasteiger partial charge in [-0.05, 0) is 50.0 Å². The van der Waals surface area contributed by atoms with E-state index in [4.69, 9.17) is 5.73 Å². The molecular weight excluding hydrogens is 262 g/mol. The van der Waals surface area contributed by atoms with Gasteiger partial charge in [-0.3, -0.25) is 4.79 Å². The summed E-state index contributed by atoms with van der Waals surface area (Å²) in [6.45, 7) is 11.3. The van der Waals surface area contributed by atoms with Gasteiger partial charge in [0.2, 0.25) is 0 Å². The quantitative estimate of drug-likeness (QED) is 0.847. The van der Waals surface area contributed by atoms with Gasteiger partial charge in [-0.15, -0.1) is 0 Å². The Morgan fingerprint density at radius 3 is 2.76 bits per heavy atom. The van der Waals surface area contributed by atoms with Crippen molar-refractivity contribution in [3.05, 3.63) is 29.3 Å². The van der Waals surface area contributed by atoms with E-state index in [9.17, 15) is 4.79 Å². The third kappa shape index (κ3) is 3.76. The molecule has 1 heterocycles. The molecule has 0 radical (unpaired) electrons. The zero-order chi connectivity index (χ0) is 15.4. The second kappa shape index (κ2) is 6.94. The van der Waals surface area contributed by atoms with Crippen molar-refractivity contribution in [2.24, 2.45) is 5.92 Å². The molecule has 0 aromatic heterocycles. The zero-order valence-corrected chi connectivity index (χ0v) is 13.4. The number of likely N-dealkylation sites (tertiary alicyclic amines) is 1. The van der Waals surface area contributed by atoms with Gasteiger partial charge in [0.05, 0.1) is 0 Å². The lowest BCUT2D eigenvalue weighted by atomic mass is 10.1. The topological polar surface area (TPSA) is 49.6 Å². The van der Waals surface area contributed by atoms with Crippen LogP contribution < -0.4 is 5.73 Å². The van der Waals surface area contributed by atoms with E-state index in [1.54, 1.807) is 6.07 Å². The highest BCUT2D eigenvalue weighted by Gasteiger charge is 2.28. The fourth-order valence-electron chi connectivity index (χ4n) is 3.05. The molecule has 2 rings (SSSR count). The van der Waals surface area contributed by atoms with Crippen LogP contribution in [0.3, 0.4) is 0 Å². The summed E-state index contributed by atoms with van der Waals surface area (Å²) in [5.74, 6) is 0.720. The van der Waals surface area contributed by atoms with Crippen LogP contribution in [0.5, 0.6) is 0 Å². The minimum absolute atomic E-state index is 0.127. The van der Waals surface area contributed by atoms with Crippen molar-refractivity contribution < 1.29 is 4.79 Å². The lowest BCUT2D eigenvalue weighted by molar-refractivity contribution is 0.0783. The second-order valence-electron chi connectivity index (χ2n) is 5.97. The molecule has 1 aliphatic rings. The van der Waals surface area contributed by atoms with Gasteiger partial charge >= 0.3 is 0 Å². The van der Waals surface area contributed by atoms with Gasteiger partial charge < -0.3 is 15.5 Å². The van der Waals surface area contributed by atoms with Gasteiger partial charge in [0, 0.05) is 30.9 Å². The lowest BCUT2D eigenvalue weighted by Gasteiger charge is -2.23. The summed E-state index contributed by atoms with van der Waals surface area (Å²) in [6, 6.07) is 5.57. The van der Waals surface area contributed by atoms with Crippen molar-refractivity contribution in [3.63, 3.8) is 0 Å². The maximum atomic E-state index is 12.6. The predicted octanol–water partition coefficient (Wildman–Crippen LogP) is 2.38. The van der Waals surface area contributed by atoms with Gasteiger partial charge in [0.15, 0.2) is 0 Å². The van der Waals surface area contributed by atoms with Crippen LogP contribution in [0.1, 0.15) is 36.2 Å². The summed E-state index contributed by atoms with van der Waals surface area (Å²) in [4.78, 5) is 17.1. The fraction of sp³-hybridized carbons (Fsp3) is 0.588. The summed E-state index contributed by atoms with van der Waals surface area (Å²) in [5, 5.41) is 0. The molecule has 1 aromatic rings. The standard InChI is InChI=1S/C17H27N3O/c1-4-19(5-2)11-14-8-9-20(12-14)17(21)16-10-15(18)7-6-13(16)3/h6-7,10,14H,4-5,8-9,11-12,18H2,1-3H3. The minimum atomic E-state index is 0.127. The Bertz CT molecular complexity index is 497. The number of carbonyl (C=O) groups excluding carboxylic acids is 1. The highest BCUT2D eigenvalue weighted by molar-refractivity contribution is 5.96. The molecule has 1 atom stereocenters. The average Bonchev–Trinajstić information content (AvgIpc) is 2.95. The summed E-state index contributed by atoms with van der Waals surface area (Å²) < 4.78 is 0. The van der Waals surface area contributed by atoms with E-state index in [0.29, 0.717) is 11.6 Å². The van der Waals surface area contributed by atoms with Crippen molar-refractivity contribution >= 4 is 11.6 Å². The number of nitrogens with two attached hydrogens (primary N) is 1. The first-order chi connectivity index (χ1) is 10.0. The highest BCUT2D eigenvalue weighted by Crippen LogP contribution is 2.22. The maximum absolute atomic E-state index is 12.6. The first kappa shape index (κ1) is 15.8. The predicted molar refractivity (Wildman–Crippen MR) is 87.4 cm³/mol. The number of anilines is 1. The Balaban J connectivity index is 2.00.